The summed E-state index contributed by atoms with van der Waals surface area (Å²) in [6.45, 7) is 2.25. The van der Waals surface area contributed by atoms with Gasteiger partial charge in [0.2, 0.25) is 5.82 Å². The molecule has 1 rings (SSSR count). The highest BCUT2D eigenvalue weighted by Gasteiger charge is 2.14. The number of terminal acetylenes is 1. The molecule has 1 aromatic heterocycles. The van der Waals surface area contributed by atoms with Gasteiger partial charge in [0.1, 0.15) is 0 Å². The lowest BCUT2D eigenvalue weighted by atomic mass is 10.3. The minimum Gasteiger partial charge on any atom is -0.363 e. The third kappa shape index (κ3) is 2.95. The molecule has 0 radical (unpaired) electrons. The molecule has 0 aromatic carbocycles. The molecule has 5 heteroatoms. The topological polar surface area (TPSA) is 68.1 Å². The van der Waals surface area contributed by atoms with E-state index in [9.17, 15) is 10.1 Å². The maximum Gasteiger partial charge on any atom is 0.311 e. The number of aryl methyl sites for hydroxylation is 1. The SMILES string of the molecule is C#CCCNc1nc(C)ccc1[N+](=O)[O-]. The van der Waals surface area contributed by atoms with Crippen molar-refractivity contribution in [1.82, 2.24) is 4.98 Å². The first-order valence-corrected chi connectivity index (χ1v) is 4.44. The summed E-state index contributed by atoms with van der Waals surface area (Å²) >= 11 is 0. The normalized spacial score (nSPS) is 9.33. The van der Waals surface area contributed by atoms with Crippen molar-refractivity contribution < 1.29 is 4.92 Å². The Morgan fingerprint density at radius 2 is 2.40 bits per heavy atom. The highest BCUT2D eigenvalue weighted by atomic mass is 16.6. The van der Waals surface area contributed by atoms with Crippen LogP contribution in [0.2, 0.25) is 0 Å². The van der Waals surface area contributed by atoms with Gasteiger partial charge in [-0.25, -0.2) is 4.98 Å². The van der Waals surface area contributed by atoms with Gasteiger partial charge in [-0.2, -0.15) is 0 Å². The lowest BCUT2D eigenvalue weighted by Crippen LogP contribution is -2.06. The molecule has 1 heterocycles. The molecule has 0 spiro atoms. The molecule has 1 aromatic rings. The Kier molecular flexibility index (Phi) is 3.63. The van der Waals surface area contributed by atoms with Crippen molar-refractivity contribution in [2.45, 2.75) is 13.3 Å². The molecule has 0 unspecified atom stereocenters. The number of hydrogen-bond acceptors (Lipinski definition) is 4. The summed E-state index contributed by atoms with van der Waals surface area (Å²) in [4.78, 5) is 14.2. The van der Waals surface area contributed by atoms with Gasteiger partial charge in [0.05, 0.1) is 4.92 Å². The van der Waals surface area contributed by atoms with Crippen LogP contribution in [-0.2, 0) is 0 Å². The lowest BCUT2D eigenvalue weighted by molar-refractivity contribution is -0.384. The van der Waals surface area contributed by atoms with E-state index in [-0.39, 0.29) is 11.5 Å². The largest absolute Gasteiger partial charge is 0.363 e. The van der Waals surface area contributed by atoms with Crippen LogP contribution in [0.1, 0.15) is 12.1 Å². The van der Waals surface area contributed by atoms with Gasteiger partial charge in [-0.15, -0.1) is 12.3 Å². The van der Waals surface area contributed by atoms with Gasteiger partial charge in [0.25, 0.3) is 0 Å². The number of anilines is 1. The molecule has 0 aliphatic carbocycles. The van der Waals surface area contributed by atoms with Crippen LogP contribution < -0.4 is 5.32 Å². The van der Waals surface area contributed by atoms with Crippen LogP contribution in [0.25, 0.3) is 0 Å². The van der Waals surface area contributed by atoms with Crippen LogP contribution in [0.5, 0.6) is 0 Å². The minimum absolute atomic E-state index is 0.0300. The number of pyridine rings is 1. The molecule has 15 heavy (non-hydrogen) atoms. The first-order chi connectivity index (χ1) is 7.15. The number of nitrogens with one attached hydrogen (secondary N) is 1. The fraction of sp³-hybridized carbons (Fsp3) is 0.300. The first kappa shape index (κ1) is 11.0. The van der Waals surface area contributed by atoms with Crippen molar-refractivity contribution in [3.63, 3.8) is 0 Å². The summed E-state index contributed by atoms with van der Waals surface area (Å²) in [6.07, 6.45) is 5.58. The molecule has 0 fully saturated rings. The van der Waals surface area contributed by atoms with Gasteiger partial charge in [-0.1, -0.05) is 0 Å². The molecule has 1 N–H and O–H groups in total. The van der Waals surface area contributed by atoms with E-state index in [1.165, 1.54) is 6.07 Å². The summed E-state index contributed by atoms with van der Waals surface area (Å²) in [5.41, 5.74) is 0.696. The average molecular weight is 205 g/mol. The zero-order chi connectivity index (χ0) is 11.3. The van der Waals surface area contributed by atoms with Crippen molar-refractivity contribution in [1.29, 1.82) is 0 Å². The van der Waals surface area contributed by atoms with E-state index in [0.717, 1.165) is 5.69 Å². The van der Waals surface area contributed by atoms with E-state index in [1.807, 2.05) is 0 Å². The van der Waals surface area contributed by atoms with Crippen molar-refractivity contribution in [3.05, 3.63) is 27.9 Å². The van der Waals surface area contributed by atoms with Crippen molar-refractivity contribution in [2.75, 3.05) is 11.9 Å². The standard InChI is InChI=1S/C10H11N3O2/c1-3-4-7-11-10-9(13(14)15)6-5-8(2)12-10/h1,5-6H,4,7H2,2H3,(H,11,12). The van der Waals surface area contributed by atoms with Crippen LogP contribution >= 0.6 is 0 Å². The smallest absolute Gasteiger partial charge is 0.311 e. The maximum atomic E-state index is 10.7. The Hall–Kier alpha value is -2.09. The van der Waals surface area contributed by atoms with Crippen LogP contribution in [0.15, 0.2) is 12.1 Å². The fourth-order valence-electron chi connectivity index (χ4n) is 1.08. The number of nitrogens with zero attached hydrogens (tertiary/aromatic N) is 2. The molecule has 5 nitrogen and oxygen atoms in total. The Morgan fingerprint density at radius 3 is 3.00 bits per heavy atom. The van der Waals surface area contributed by atoms with Gasteiger partial charge in [0.15, 0.2) is 0 Å². The van der Waals surface area contributed by atoms with Gasteiger partial charge in [-0.3, -0.25) is 10.1 Å². The van der Waals surface area contributed by atoms with Crippen molar-refractivity contribution >= 4 is 11.5 Å². The predicted octanol–water partition coefficient (Wildman–Crippen LogP) is 1.73. The molecule has 0 atom stereocenters. The Bertz CT molecular complexity index is 410. The number of aromatic nitrogens is 1. The Morgan fingerprint density at radius 1 is 1.67 bits per heavy atom. The fourth-order valence-corrected chi connectivity index (χ4v) is 1.08. The summed E-state index contributed by atoms with van der Waals surface area (Å²) in [7, 11) is 0. The Balaban J connectivity index is 2.88. The summed E-state index contributed by atoms with van der Waals surface area (Å²) in [6, 6.07) is 3.03. The Labute approximate surface area is 87.7 Å². The van der Waals surface area contributed by atoms with Crippen molar-refractivity contribution in [3.8, 4) is 12.3 Å². The van der Waals surface area contributed by atoms with Gasteiger partial charge < -0.3 is 5.32 Å². The van der Waals surface area contributed by atoms with Gasteiger partial charge in [0, 0.05) is 24.7 Å². The molecule has 0 saturated carbocycles. The van der Waals surface area contributed by atoms with Crippen LogP contribution in [0.4, 0.5) is 11.5 Å². The molecule has 0 bridgehead atoms. The van der Waals surface area contributed by atoms with Crippen molar-refractivity contribution in [2.24, 2.45) is 0 Å². The molecule has 0 aliphatic heterocycles. The van der Waals surface area contributed by atoms with E-state index in [0.29, 0.717) is 13.0 Å². The predicted molar refractivity (Wildman–Crippen MR) is 57.6 cm³/mol. The van der Waals surface area contributed by atoms with E-state index in [4.69, 9.17) is 6.42 Å². The number of nitro groups is 1. The maximum absolute atomic E-state index is 10.7. The zero-order valence-corrected chi connectivity index (χ0v) is 8.36. The van der Waals surface area contributed by atoms with E-state index in [1.54, 1.807) is 13.0 Å². The average Bonchev–Trinajstić information content (AvgIpc) is 2.18. The molecular weight excluding hydrogens is 194 g/mol. The third-order valence-corrected chi connectivity index (χ3v) is 1.77. The highest BCUT2D eigenvalue weighted by Crippen LogP contribution is 2.21. The first-order valence-electron chi connectivity index (χ1n) is 4.44. The highest BCUT2D eigenvalue weighted by molar-refractivity contribution is 5.56. The summed E-state index contributed by atoms with van der Waals surface area (Å²) in [5, 5.41) is 13.5. The third-order valence-electron chi connectivity index (χ3n) is 1.77. The van der Waals surface area contributed by atoms with Crippen LogP contribution in [0.3, 0.4) is 0 Å². The van der Waals surface area contributed by atoms with Gasteiger partial charge in [-0.05, 0) is 13.0 Å². The van der Waals surface area contributed by atoms with Crippen LogP contribution in [0, 0.1) is 29.4 Å². The monoisotopic (exact) mass is 205 g/mol. The summed E-state index contributed by atoms with van der Waals surface area (Å²) in [5.74, 6) is 2.71. The van der Waals surface area contributed by atoms with E-state index >= 15 is 0 Å². The second-order valence-corrected chi connectivity index (χ2v) is 2.96. The number of rotatable bonds is 4. The molecule has 0 saturated heterocycles. The lowest BCUT2D eigenvalue weighted by Gasteiger charge is -2.04. The molecule has 0 aliphatic rings. The second kappa shape index (κ2) is 4.96. The van der Waals surface area contributed by atoms with E-state index in [2.05, 4.69) is 16.2 Å². The molecular formula is C10H11N3O2. The molecule has 78 valence electrons. The zero-order valence-electron chi connectivity index (χ0n) is 8.36. The summed E-state index contributed by atoms with van der Waals surface area (Å²) < 4.78 is 0. The van der Waals surface area contributed by atoms with Gasteiger partial charge >= 0.3 is 5.69 Å². The number of hydrogen-bond donors (Lipinski definition) is 1. The minimum atomic E-state index is -0.468. The quantitative estimate of drug-likeness (QED) is 0.352. The molecule has 0 amide bonds. The second-order valence-electron chi connectivity index (χ2n) is 2.96. The van der Waals surface area contributed by atoms with E-state index < -0.39 is 4.92 Å². The van der Waals surface area contributed by atoms with Crippen LogP contribution in [-0.4, -0.2) is 16.5 Å².